The Labute approximate surface area is 82.3 Å². The van der Waals surface area contributed by atoms with E-state index in [-0.39, 0.29) is 22.6 Å². The van der Waals surface area contributed by atoms with Gasteiger partial charge in [-0.05, 0) is 10.8 Å². The van der Waals surface area contributed by atoms with E-state index in [4.69, 9.17) is 0 Å². The first kappa shape index (κ1) is 8.43. The second-order valence-corrected chi connectivity index (χ2v) is 2.35. The Balaban J connectivity index is 0. The van der Waals surface area contributed by atoms with E-state index in [0.717, 1.165) is 0 Å². The Kier molecular flexibility index (Phi) is 2.80. The van der Waals surface area contributed by atoms with Crippen molar-refractivity contribution in [1.29, 1.82) is 0 Å². The number of benzene rings is 2. The van der Waals surface area contributed by atoms with Gasteiger partial charge in [0, 0.05) is 0 Å². The van der Waals surface area contributed by atoms with Crippen LogP contribution in [0.15, 0.2) is 48.5 Å². The Hall–Kier alpha value is -0.664. The smallest absolute Gasteiger partial charge is 1.00 e. The molecule has 0 bridgehead atoms. The van der Waals surface area contributed by atoms with E-state index in [0.29, 0.717) is 0 Å². The van der Waals surface area contributed by atoms with Gasteiger partial charge in [-0.1, -0.05) is 48.5 Å². The van der Waals surface area contributed by atoms with Gasteiger partial charge in [0.2, 0.25) is 0 Å². The predicted octanol–water partition coefficient (Wildman–Crippen LogP) is 3.06. The summed E-state index contributed by atoms with van der Waals surface area (Å²) in [6.07, 6.45) is 0. The van der Waals surface area contributed by atoms with Crippen molar-refractivity contribution in [1.82, 2.24) is 0 Å². The quantitative estimate of drug-likeness (QED) is 0.700. The standard InChI is InChI=1S/C10H8.Os.2H/c1-2-6-10-8-4-3-7-9(10)5-1;;;/h1-8H;;;/q;+2;2*-1. The van der Waals surface area contributed by atoms with Gasteiger partial charge >= 0.3 is 19.8 Å². The van der Waals surface area contributed by atoms with E-state index in [1.165, 1.54) is 10.8 Å². The molecule has 0 aliphatic heterocycles. The maximum Gasteiger partial charge on any atom is 2.00 e. The van der Waals surface area contributed by atoms with Crippen LogP contribution in [0.3, 0.4) is 0 Å². The van der Waals surface area contributed by atoms with Crippen molar-refractivity contribution < 1.29 is 22.6 Å². The fourth-order valence-corrected chi connectivity index (χ4v) is 1.13. The Morgan fingerprint density at radius 2 is 0.909 bits per heavy atom. The fourth-order valence-electron chi connectivity index (χ4n) is 1.13. The molecule has 0 atom stereocenters. The van der Waals surface area contributed by atoms with E-state index in [2.05, 4.69) is 48.5 Å². The predicted molar refractivity (Wildman–Crippen MR) is 46.2 cm³/mol. The molecule has 2 rings (SSSR count). The Bertz CT molecular complexity index is 284. The molecule has 0 unspecified atom stereocenters. The van der Waals surface area contributed by atoms with Gasteiger partial charge in [0.15, 0.2) is 0 Å². The first-order chi connectivity index (χ1) is 4.97. The van der Waals surface area contributed by atoms with E-state index in [1.54, 1.807) is 0 Å². The summed E-state index contributed by atoms with van der Waals surface area (Å²) in [5, 5.41) is 2.62. The van der Waals surface area contributed by atoms with Crippen LogP contribution in [0.2, 0.25) is 0 Å². The molecule has 0 aliphatic rings. The Morgan fingerprint density at radius 3 is 1.18 bits per heavy atom. The molecule has 58 valence electrons. The molecule has 0 amide bonds. The van der Waals surface area contributed by atoms with Crippen LogP contribution >= 0.6 is 0 Å². The van der Waals surface area contributed by atoms with E-state index in [9.17, 15) is 0 Å². The summed E-state index contributed by atoms with van der Waals surface area (Å²) in [6.45, 7) is 0. The first-order valence-electron chi connectivity index (χ1n) is 3.40. The van der Waals surface area contributed by atoms with E-state index < -0.39 is 0 Å². The maximum absolute atomic E-state index is 2.12. The minimum absolute atomic E-state index is 0. The van der Waals surface area contributed by atoms with Gasteiger partial charge in [-0.2, -0.15) is 0 Å². The number of hydrogen-bond acceptors (Lipinski definition) is 0. The van der Waals surface area contributed by atoms with Crippen molar-refractivity contribution in [2.75, 3.05) is 0 Å². The van der Waals surface area contributed by atoms with Crippen LogP contribution in [0, 0.1) is 0 Å². The molecule has 0 fully saturated rings. The third-order valence-corrected chi connectivity index (χ3v) is 1.66. The maximum atomic E-state index is 2.12. The van der Waals surface area contributed by atoms with Crippen LogP contribution in [-0.4, -0.2) is 0 Å². The van der Waals surface area contributed by atoms with Gasteiger partial charge < -0.3 is 2.85 Å². The van der Waals surface area contributed by atoms with Crippen molar-refractivity contribution >= 4 is 10.8 Å². The van der Waals surface area contributed by atoms with E-state index in [1.807, 2.05) is 0 Å². The van der Waals surface area contributed by atoms with Crippen LogP contribution in [0.25, 0.3) is 10.8 Å². The van der Waals surface area contributed by atoms with Crippen LogP contribution < -0.4 is 0 Å². The second kappa shape index (κ2) is 3.65. The van der Waals surface area contributed by atoms with Crippen LogP contribution in [0.4, 0.5) is 0 Å². The summed E-state index contributed by atoms with van der Waals surface area (Å²) < 4.78 is 0. The summed E-state index contributed by atoms with van der Waals surface area (Å²) in [6, 6.07) is 16.7. The Morgan fingerprint density at radius 1 is 0.636 bits per heavy atom. The number of rotatable bonds is 0. The normalized spacial score (nSPS) is 9.09. The third kappa shape index (κ3) is 1.67. The SMILES string of the molecule is [H-].[H-].[Os+2].c1ccc2ccccc2c1. The van der Waals surface area contributed by atoms with Gasteiger partial charge in [0.25, 0.3) is 0 Å². The largest absolute Gasteiger partial charge is 2.00 e. The molecule has 0 heterocycles. The van der Waals surface area contributed by atoms with Crippen molar-refractivity contribution in [3.8, 4) is 0 Å². The molecule has 0 nitrogen and oxygen atoms in total. The monoisotopic (exact) mass is 322 g/mol. The van der Waals surface area contributed by atoms with Gasteiger partial charge in [0.1, 0.15) is 0 Å². The number of fused-ring (bicyclic) bond motifs is 1. The molecule has 2 aromatic rings. The molecular formula is C10H10Os. The van der Waals surface area contributed by atoms with Crippen LogP contribution in [0.1, 0.15) is 2.85 Å². The molecule has 11 heavy (non-hydrogen) atoms. The molecule has 1 heteroatoms. The molecular weight excluding hydrogens is 310 g/mol. The zero-order valence-corrected chi connectivity index (χ0v) is 8.51. The van der Waals surface area contributed by atoms with Gasteiger partial charge in [-0.25, -0.2) is 0 Å². The molecule has 0 radical (unpaired) electrons. The van der Waals surface area contributed by atoms with Crippen molar-refractivity contribution in [2.45, 2.75) is 0 Å². The molecule has 2 aromatic carbocycles. The van der Waals surface area contributed by atoms with Gasteiger partial charge in [0.05, 0.1) is 0 Å². The van der Waals surface area contributed by atoms with Crippen LogP contribution in [-0.2, 0) is 19.8 Å². The van der Waals surface area contributed by atoms with Gasteiger partial charge in [-0.15, -0.1) is 0 Å². The molecule has 0 saturated heterocycles. The summed E-state index contributed by atoms with van der Waals surface area (Å²) in [5.41, 5.74) is 0. The number of hydrogen-bond donors (Lipinski definition) is 0. The summed E-state index contributed by atoms with van der Waals surface area (Å²) >= 11 is 0. The van der Waals surface area contributed by atoms with Crippen molar-refractivity contribution in [2.24, 2.45) is 0 Å². The average molecular weight is 320 g/mol. The third-order valence-electron chi connectivity index (χ3n) is 1.66. The summed E-state index contributed by atoms with van der Waals surface area (Å²) in [5.74, 6) is 0. The molecule has 0 aromatic heterocycles. The van der Waals surface area contributed by atoms with Crippen molar-refractivity contribution in [3.63, 3.8) is 0 Å². The minimum atomic E-state index is 0. The zero-order valence-electron chi connectivity index (χ0n) is 7.97. The average Bonchev–Trinajstić information content (AvgIpc) is 2.05. The molecule has 0 aliphatic carbocycles. The zero-order chi connectivity index (χ0) is 6.81. The van der Waals surface area contributed by atoms with Crippen LogP contribution in [0.5, 0.6) is 0 Å². The topological polar surface area (TPSA) is 0 Å². The minimum Gasteiger partial charge on any atom is -1.00 e. The summed E-state index contributed by atoms with van der Waals surface area (Å²) in [4.78, 5) is 0. The second-order valence-electron chi connectivity index (χ2n) is 2.35. The van der Waals surface area contributed by atoms with E-state index >= 15 is 0 Å². The fraction of sp³-hybridized carbons (Fsp3) is 0. The van der Waals surface area contributed by atoms with Gasteiger partial charge in [-0.3, -0.25) is 0 Å². The summed E-state index contributed by atoms with van der Waals surface area (Å²) in [7, 11) is 0. The molecule has 0 saturated carbocycles. The molecule has 0 spiro atoms. The first-order valence-corrected chi connectivity index (χ1v) is 3.40. The molecule has 0 N–H and O–H groups in total. The van der Waals surface area contributed by atoms with Crippen molar-refractivity contribution in [3.05, 3.63) is 48.5 Å².